The van der Waals surface area contributed by atoms with Crippen molar-refractivity contribution in [3.63, 3.8) is 0 Å². The molecule has 1 saturated carbocycles. The Morgan fingerprint density at radius 3 is 2.88 bits per heavy atom. The molecule has 3 nitrogen and oxygen atoms in total. The van der Waals surface area contributed by atoms with Gasteiger partial charge in [0.05, 0.1) is 11.4 Å². The highest BCUT2D eigenvalue weighted by atomic mass is 15.3. The van der Waals surface area contributed by atoms with Crippen molar-refractivity contribution in [3.8, 4) is 0 Å². The van der Waals surface area contributed by atoms with Gasteiger partial charge in [-0.15, -0.1) is 0 Å². The van der Waals surface area contributed by atoms with E-state index < -0.39 is 0 Å². The van der Waals surface area contributed by atoms with E-state index in [2.05, 4.69) is 35.0 Å². The maximum absolute atomic E-state index is 4.55. The largest absolute Gasteiger partial charge is 0.311 e. The zero-order chi connectivity index (χ0) is 11.4. The van der Waals surface area contributed by atoms with Gasteiger partial charge in [0.25, 0.3) is 0 Å². The molecular weight excluding hydrogens is 198 g/mol. The summed E-state index contributed by atoms with van der Waals surface area (Å²) >= 11 is 0. The second kappa shape index (κ2) is 5.48. The maximum Gasteiger partial charge on any atom is 0.0625 e. The molecule has 0 spiro atoms. The van der Waals surface area contributed by atoms with E-state index in [1.807, 2.05) is 0 Å². The monoisotopic (exact) mass is 221 g/mol. The van der Waals surface area contributed by atoms with Crippen LogP contribution in [0.2, 0.25) is 0 Å². The minimum Gasteiger partial charge on any atom is -0.311 e. The van der Waals surface area contributed by atoms with Gasteiger partial charge in [0.1, 0.15) is 0 Å². The van der Waals surface area contributed by atoms with Crippen molar-refractivity contribution in [2.45, 2.75) is 52.6 Å². The molecule has 0 aliphatic heterocycles. The van der Waals surface area contributed by atoms with Crippen LogP contribution in [-0.4, -0.2) is 16.3 Å². The average Bonchev–Trinajstić information content (AvgIpc) is 3.04. The Hall–Kier alpha value is -0.830. The standard InChI is InChI=1S/C13H23N3/c1-3-12-9-13(16(4-2)15-12)10-14-8-7-11-5-6-11/h9,11,14H,3-8,10H2,1-2H3. The van der Waals surface area contributed by atoms with E-state index in [4.69, 9.17) is 0 Å². The van der Waals surface area contributed by atoms with Gasteiger partial charge in [0.15, 0.2) is 0 Å². The Labute approximate surface area is 98.2 Å². The quantitative estimate of drug-likeness (QED) is 0.716. The van der Waals surface area contributed by atoms with Crippen molar-refractivity contribution in [2.75, 3.05) is 6.54 Å². The van der Waals surface area contributed by atoms with Crippen LogP contribution in [0, 0.1) is 5.92 Å². The predicted octanol–water partition coefficient (Wildman–Crippen LogP) is 2.36. The molecule has 0 aromatic carbocycles. The van der Waals surface area contributed by atoms with Gasteiger partial charge >= 0.3 is 0 Å². The molecular formula is C13H23N3. The SMILES string of the molecule is CCc1cc(CNCCC2CC2)n(CC)n1. The number of aromatic nitrogens is 2. The molecule has 1 N–H and O–H groups in total. The zero-order valence-corrected chi connectivity index (χ0v) is 10.5. The minimum absolute atomic E-state index is 0.966. The lowest BCUT2D eigenvalue weighted by atomic mass is 10.3. The van der Waals surface area contributed by atoms with Crippen molar-refractivity contribution in [1.29, 1.82) is 0 Å². The third-order valence-electron chi connectivity index (χ3n) is 3.31. The second-order valence-corrected chi connectivity index (χ2v) is 4.71. The molecule has 1 fully saturated rings. The van der Waals surface area contributed by atoms with E-state index in [0.717, 1.165) is 32.0 Å². The number of aryl methyl sites for hydroxylation is 2. The molecule has 1 aromatic heterocycles. The maximum atomic E-state index is 4.55. The fourth-order valence-corrected chi connectivity index (χ4v) is 2.03. The van der Waals surface area contributed by atoms with E-state index in [0.29, 0.717) is 0 Å². The van der Waals surface area contributed by atoms with Gasteiger partial charge < -0.3 is 5.32 Å². The van der Waals surface area contributed by atoms with E-state index in [1.165, 1.54) is 30.7 Å². The predicted molar refractivity (Wildman–Crippen MR) is 66.3 cm³/mol. The first-order valence-corrected chi connectivity index (χ1v) is 6.59. The summed E-state index contributed by atoms with van der Waals surface area (Å²) in [6, 6.07) is 2.23. The Balaban J connectivity index is 1.79. The molecule has 1 aliphatic carbocycles. The first-order chi connectivity index (χ1) is 7.83. The highest BCUT2D eigenvalue weighted by Gasteiger charge is 2.20. The number of hydrogen-bond donors (Lipinski definition) is 1. The molecule has 1 aliphatic rings. The topological polar surface area (TPSA) is 29.9 Å². The molecule has 2 rings (SSSR count). The van der Waals surface area contributed by atoms with Crippen LogP contribution in [0.5, 0.6) is 0 Å². The molecule has 1 heterocycles. The smallest absolute Gasteiger partial charge is 0.0625 e. The first-order valence-electron chi connectivity index (χ1n) is 6.59. The normalized spacial score (nSPS) is 15.6. The van der Waals surface area contributed by atoms with Crippen molar-refractivity contribution in [3.05, 3.63) is 17.5 Å². The lowest BCUT2D eigenvalue weighted by Gasteiger charge is -2.05. The van der Waals surface area contributed by atoms with Crippen LogP contribution in [0.4, 0.5) is 0 Å². The van der Waals surface area contributed by atoms with Crippen LogP contribution >= 0.6 is 0 Å². The fraction of sp³-hybridized carbons (Fsp3) is 0.769. The van der Waals surface area contributed by atoms with Crippen LogP contribution in [0.1, 0.15) is 44.5 Å². The summed E-state index contributed by atoms with van der Waals surface area (Å²) in [5.41, 5.74) is 2.54. The summed E-state index contributed by atoms with van der Waals surface area (Å²) in [4.78, 5) is 0. The lowest BCUT2D eigenvalue weighted by Crippen LogP contribution is -2.18. The van der Waals surface area contributed by atoms with Gasteiger partial charge in [0, 0.05) is 13.1 Å². The van der Waals surface area contributed by atoms with Gasteiger partial charge in [0.2, 0.25) is 0 Å². The minimum atomic E-state index is 0.966. The number of rotatable bonds is 7. The molecule has 90 valence electrons. The third kappa shape index (κ3) is 3.08. The van der Waals surface area contributed by atoms with Crippen molar-refractivity contribution < 1.29 is 0 Å². The third-order valence-corrected chi connectivity index (χ3v) is 3.31. The van der Waals surface area contributed by atoms with E-state index in [1.54, 1.807) is 0 Å². The highest BCUT2D eigenvalue weighted by molar-refractivity contribution is 5.10. The van der Waals surface area contributed by atoms with Crippen molar-refractivity contribution in [2.24, 2.45) is 5.92 Å². The molecule has 0 unspecified atom stereocenters. The number of nitrogens with zero attached hydrogens (tertiary/aromatic N) is 2. The Morgan fingerprint density at radius 1 is 1.44 bits per heavy atom. The summed E-state index contributed by atoms with van der Waals surface area (Å²) in [5, 5.41) is 8.07. The van der Waals surface area contributed by atoms with Gasteiger partial charge in [-0.2, -0.15) is 5.10 Å². The molecule has 0 radical (unpaired) electrons. The Morgan fingerprint density at radius 2 is 2.25 bits per heavy atom. The van der Waals surface area contributed by atoms with Crippen molar-refractivity contribution >= 4 is 0 Å². The molecule has 0 saturated heterocycles. The van der Waals surface area contributed by atoms with Crippen LogP contribution in [0.25, 0.3) is 0 Å². The molecule has 0 atom stereocenters. The van der Waals surface area contributed by atoms with Crippen molar-refractivity contribution in [1.82, 2.24) is 15.1 Å². The lowest BCUT2D eigenvalue weighted by molar-refractivity contribution is 0.559. The highest BCUT2D eigenvalue weighted by Crippen LogP contribution is 2.31. The first kappa shape index (κ1) is 11.6. The molecule has 3 heteroatoms. The summed E-state index contributed by atoms with van der Waals surface area (Å²) in [6.07, 6.45) is 5.28. The van der Waals surface area contributed by atoms with Gasteiger partial charge in [-0.1, -0.05) is 19.8 Å². The second-order valence-electron chi connectivity index (χ2n) is 4.71. The molecule has 0 bridgehead atoms. The van der Waals surface area contributed by atoms with Crippen LogP contribution < -0.4 is 5.32 Å². The summed E-state index contributed by atoms with van der Waals surface area (Å²) in [7, 11) is 0. The summed E-state index contributed by atoms with van der Waals surface area (Å²) < 4.78 is 2.11. The van der Waals surface area contributed by atoms with Crippen LogP contribution in [0.15, 0.2) is 6.07 Å². The molecule has 16 heavy (non-hydrogen) atoms. The fourth-order valence-electron chi connectivity index (χ4n) is 2.03. The van der Waals surface area contributed by atoms with E-state index in [-0.39, 0.29) is 0 Å². The number of nitrogens with one attached hydrogen (secondary N) is 1. The summed E-state index contributed by atoms with van der Waals surface area (Å²) in [6.45, 7) is 7.40. The Bertz CT molecular complexity index is 326. The molecule has 0 amide bonds. The van der Waals surface area contributed by atoms with E-state index in [9.17, 15) is 0 Å². The van der Waals surface area contributed by atoms with Gasteiger partial charge in [-0.25, -0.2) is 0 Å². The van der Waals surface area contributed by atoms with Gasteiger partial charge in [-0.3, -0.25) is 4.68 Å². The average molecular weight is 221 g/mol. The summed E-state index contributed by atoms with van der Waals surface area (Å²) in [5.74, 6) is 1.02. The number of hydrogen-bond acceptors (Lipinski definition) is 2. The van der Waals surface area contributed by atoms with Crippen LogP contribution in [-0.2, 0) is 19.5 Å². The van der Waals surface area contributed by atoms with E-state index >= 15 is 0 Å². The molecule has 1 aromatic rings. The Kier molecular flexibility index (Phi) is 3.99. The van der Waals surface area contributed by atoms with Gasteiger partial charge in [-0.05, 0) is 38.3 Å². The zero-order valence-electron chi connectivity index (χ0n) is 10.5. The van der Waals surface area contributed by atoms with Crippen LogP contribution in [0.3, 0.4) is 0 Å².